The van der Waals surface area contributed by atoms with Gasteiger partial charge in [0.15, 0.2) is 0 Å². The zero-order chi connectivity index (χ0) is 18.6. The number of benzene rings is 1. The second-order valence-electron chi connectivity index (χ2n) is 7.34. The van der Waals surface area contributed by atoms with Gasteiger partial charge in [0.05, 0.1) is 11.6 Å². The molecule has 0 aromatic heterocycles. The number of alkyl halides is 3. The summed E-state index contributed by atoms with van der Waals surface area (Å²) in [6, 6.07) is 5.48. The molecule has 0 spiro atoms. The molecule has 2 heterocycles. The van der Waals surface area contributed by atoms with Gasteiger partial charge in [-0.15, -0.1) is 0 Å². The first-order valence-corrected chi connectivity index (χ1v) is 9.31. The van der Waals surface area contributed by atoms with E-state index >= 15 is 0 Å². The lowest BCUT2D eigenvalue weighted by Gasteiger charge is -2.33. The molecule has 0 saturated carbocycles. The normalized spacial score (nSPS) is 24.6. The number of hydrogen-bond donors (Lipinski definition) is 2. The highest BCUT2D eigenvalue weighted by Gasteiger charge is 2.30. The summed E-state index contributed by atoms with van der Waals surface area (Å²) in [7, 11) is 0. The largest absolute Gasteiger partial charge is 0.416 e. The highest BCUT2D eigenvalue weighted by atomic mass is 19.4. The second-order valence-corrected chi connectivity index (χ2v) is 7.34. The lowest BCUT2D eigenvalue weighted by atomic mass is 9.97. The number of hydrogen-bond acceptors (Lipinski definition) is 3. The van der Waals surface area contributed by atoms with Crippen LogP contribution in [0.25, 0.3) is 0 Å². The van der Waals surface area contributed by atoms with Crippen molar-refractivity contribution in [2.75, 3.05) is 26.2 Å². The number of piperidine rings is 1. The maximum atomic E-state index is 12.9. The van der Waals surface area contributed by atoms with Crippen molar-refractivity contribution in [2.24, 2.45) is 5.92 Å². The molecule has 2 aliphatic heterocycles. The molecule has 2 aliphatic rings. The molecule has 2 atom stereocenters. The highest BCUT2D eigenvalue weighted by molar-refractivity contribution is 5.81. The first-order chi connectivity index (χ1) is 12.4. The summed E-state index contributed by atoms with van der Waals surface area (Å²) in [6.45, 7) is 3.72. The summed E-state index contributed by atoms with van der Waals surface area (Å²) >= 11 is 0. The van der Waals surface area contributed by atoms with Gasteiger partial charge in [-0.1, -0.05) is 18.2 Å². The summed E-state index contributed by atoms with van der Waals surface area (Å²) in [6.07, 6.45) is -0.345. The van der Waals surface area contributed by atoms with Crippen LogP contribution in [0.2, 0.25) is 0 Å². The van der Waals surface area contributed by atoms with Crippen LogP contribution < -0.4 is 10.6 Å². The zero-order valence-corrected chi connectivity index (χ0v) is 14.8. The molecule has 1 aromatic carbocycles. The lowest BCUT2D eigenvalue weighted by molar-refractivity contribution is -0.137. The van der Waals surface area contributed by atoms with E-state index in [2.05, 4.69) is 15.5 Å². The molecule has 7 heteroatoms. The van der Waals surface area contributed by atoms with Crippen LogP contribution in [0.3, 0.4) is 0 Å². The third-order valence-electron chi connectivity index (χ3n) is 5.21. The van der Waals surface area contributed by atoms with E-state index in [9.17, 15) is 18.0 Å². The minimum atomic E-state index is -4.31. The van der Waals surface area contributed by atoms with Crippen LogP contribution in [0, 0.1) is 5.92 Å². The number of halogens is 3. The summed E-state index contributed by atoms with van der Waals surface area (Å²) in [5.74, 6) is 0.414. The number of nitrogens with one attached hydrogen (secondary N) is 2. The SMILES string of the molecule is O=C(NCC1CCCN(Cc2cccc(C(F)(F)F)c2)C1)C1CCCN1. The molecule has 0 bridgehead atoms. The Bertz CT molecular complexity index is 614. The Morgan fingerprint density at radius 1 is 1.27 bits per heavy atom. The smallest absolute Gasteiger partial charge is 0.354 e. The van der Waals surface area contributed by atoms with Crippen LogP contribution in [-0.4, -0.2) is 43.0 Å². The van der Waals surface area contributed by atoms with Crippen molar-refractivity contribution in [1.82, 2.24) is 15.5 Å². The standard InChI is InChI=1S/C19H26F3N3O/c20-19(21,22)16-6-1-4-14(10-16)12-25-9-3-5-15(13-25)11-24-18(26)17-7-2-8-23-17/h1,4,6,10,15,17,23H,2-3,5,7-9,11-13H2,(H,24,26). The fourth-order valence-electron chi connectivity index (χ4n) is 3.84. The Kier molecular flexibility index (Phi) is 6.19. The summed E-state index contributed by atoms with van der Waals surface area (Å²) < 4.78 is 38.6. The molecule has 1 amide bonds. The van der Waals surface area contributed by atoms with Crippen molar-refractivity contribution in [3.8, 4) is 0 Å². The number of likely N-dealkylation sites (tertiary alicyclic amines) is 1. The quantitative estimate of drug-likeness (QED) is 0.839. The van der Waals surface area contributed by atoms with Crippen LogP contribution in [0.4, 0.5) is 13.2 Å². The van der Waals surface area contributed by atoms with Crippen LogP contribution >= 0.6 is 0 Å². The second kappa shape index (κ2) is 8.39. The number of carbonyl (C=O) groups is 1. The van der Waals surface area contributed by atoms with Crippen LogP contribution in [0.15, 0.2) is 24.3 Å². The Balaban J connectivity index is 1.50. The molecular formula is C19H26F3N3O. The van der Waals surface area contributed by atoms with E-state index in [-0.39, 0.29) is 11.9 Å². The van der Waals surface area contributed by atoms with Gasteiger partial charge in [0, 0.05) is 19.6 Å². The third-order valence-corrected chi connectivity index (χ3v) is 5.21. The molecule has 144 valence electrons. The minimum absolute atomic E-state index is 0.0671. The van der Waals surface area contributed by atoms with E-state index in [1.165, 1.54) is 12.1 Å². The Labute approximate surface area is 152 Å². The molecule has 2 fully saturated rings. The van der Waals surface area contributed by atoms with E-state index in [0.717, 1.165) is 51.4 Å². The maximum absolute atomic E-state index is 12.9. The van der Waals surface area contributed by atoms with Gasteiger partial charge in [-0.3, -0.25) is 9.69 Å². The molecule has 2 N–H and O–H groups in total. The van der Waals surface area contributed by atoms with Gasteiger partial charge in [-0.05, 0) is 56.3 Å². The minimum Gasteiger partial charge on any atom is -0.354 e. The first kappa shape index (κ1) is 19.2. The maximum Gasteiger partial charge on any atom is 0.416 e. The van der Waals surface area contributed by atoms with Gasteiger partial charge >= 0.3 is 6.18 Å². The fraction of sp³-hybridized carbons (Fsp3) is 0.632. The number of rotatable bonds is 5. The Morgan fingerprint density at radius 3 is 2.85 bits per heavy atom. The number of carbonyl (C=O) groups excluding carboxylic acids is 1. The van der Waals surface area contributed by atoms with Crippen molar-refractivity contribution in [3.63, 3.8) is 0 Å². The molecular weight excluding hydrogens is 343 g/mol. The van der Waals surface area contributed by atoms with E-state index < -0.39 is 11.7 Å². The topological polar surface area (TPSA) is 44.4 Å². The molecule has 3 rings (SSSR count). The van der Waals surface area contributed by atoms with E-state index in [1.807, 2.05) is 0 Å². The number of nitrogens with zero attached hydrogens (tertiary/aromatic N) is 1. The van der Waals surface area contributed by atoms with Crippen LogP contribution in [-0.2, 0) is 17.5 Å². The molecule has 0 aliphatic carbocycles. The Morgan fingerprint density at radius 2 is 2.12 bits per heavy atom. The predicted molar refractivity (Wildman–Crippen MR) is 93.5 cm³/mol. The monoisotopic (exact) mass is 369 g/mol. The van der Waals surface area contributed by atoms with Crippen LogP contribution in [0.5, 0.6) is 0 Å². The molecule has 0 radical (unpaired) electrons. The van der Waals surface area contributed by atoms with Gasteiger partial charge in [0.25, 0.3) is 0 Å². The van der Waals surface area contributed by atoms with Crippen molar-refractivity contribution in [1.29, 1.82) is 0 Å². The van der Waals surface area contributed by atoms with Gasteiger partial charge in [0.2, 0.25) is 5.91 Å². The van der Waals surface area contributed by atoms with Gasteiger partial charge in [0.1, 0.15) is 0 Å². The van der Waals surface area contributed by atoms with E-state index in [4.69, 9.17) is 0 Å². The first-order valence-electron chi connectivity index (χ1n) is 9.31. The average molecular weight is 369 g/mol. The molecule has 2 unspecified atom stereocenters. The van der Waals surface area contributed by atoms with Gasteiger partial charge in [-0.2, -0.15) is 13.2 Å². The van der Waals surface area contributed by atoms with Gasteiger partial charge in [-0.25, -0.2) is 0 Å². The van der Waals surface area contributed by atoms with Crippen molar-refractivity contribution in [2.45, 2.75) is 44.4 Å². The van der Waals surface area contributed by atoms with Crippen molar-refractivity contribution in [3.05, 3.63) is 35.4 Å². The molecule has 26 heavy (non-hydrogen) atoms. The lowest BCUT2D eigenvalue weighted by Crippen LogP contribution is -2.45. The Hall–Kier alpha value is -1.60. The molecule has 2 saturated heterocycles. The summed E-state index contributed by atoms with van der Waals surface area (Å²) in [4.78, 5) is 14.3. The summed E-state index contributed by atoms with van der Waals surface area (Å²) in [5, 5.41) is 6.22. The van der Waals surface area contributed by atoms with E-state index in [0.29, 0.717) is 24.6 Å². The van der Waals surface area contributed by atoms with Gasteiger partial charge < -0.3 is 10.6 Å². The van der Waals surface area contributed by atoms with E-state index in [1.54, 1.807) is 6.07 Å². The van der Waals surface area contributed by atoms with Crippen molar-refractivity contribution < 1.29 is 18.0 Å². The molecule has 1 aromatic rings. The predicted octanol–water partition coefficient (Wildman–Crippen LogP) is 2.79. The number of amides is 1. The summed E-state index contributed by atoms with van der Waals surface area (Å²) in [5.41, 5.74) is 0.0829. The highest BCUT2D eigenvalue weighted by Crippen LogP contribution is 2.30. The van der Waals surface area contributed by atoms with Crippen LogP contribution in [0.1, 0.15) is 36.8 Å². The zero-order valence-electron chi connectivity index (χ0n) is 14.8. The third kappa shape index (κ3) is 5.20. The van der Waals surface area contributed by atoms with Crippen molar-refractivity contribution >= 4 is 5.91 Å². The average Bonchev–Trinajstić information content (AvgIpc) is 3.14. The fourth-order valence-corrected chi connectivity index (χ4v) is 3.84. The molecule has 4 nitrogen and oxygen atoms in total.